The molecule has 1 fully saturated rings. The lowest BCUT2D eigenvalue weighted by Crippen LogP contribution is -2.46. The fraction of sp³-hybridized carbons (Fsp3) is 0.533. The van der Waals surface area contributed by atoms with Crippen LogP contribution >= 0.6 is 0 Å². The molecular formula is C15H22N2O3. The van der Waals surface area contributed by atoms with Crippen LogP contribution in [-0.2, 0) is 11.3 Å². The molecule has 110 valence electrons. The van der Waals surface area contributed by atoms with E-state index in [0.29, 0.717) is 6.54 Å². The van der Waals surface area contributed by atoms with Crippen LogP contribution in [0.5, 0.6) is 11.5 Å². The maximum atomic E-state index is 12.1. The summed E-state index contributed by atoms with van der Waals surface area (Å²) in [5.41, 5.74) is 0.913. The SMILES string of the molecule is COc1ccc(OC)c(CNC(=O)[C@H]2CCCCN2)c1. The van der Waals surface area contributed by atoms with E-state index in [2.05, 4.69) is 10.6 Å². The van der Waals surface area contributed by atoms with Gasteiger partial charge in [-0.25, -0.2) is 0 Å². The summed E-state index contributed by atoms with van der Waals surface area (Å²) < 4.78 is 10.5. The van der Waals surface area contributed by atoms with Gasteiger partial charge in [-0.3, -0.25) is 4.79 Å². The number of ether oxygens (including phenoxy) is 2. The Balaban J connectivity index is 1.96. The molecule has 2 rings (SSSR count). The maximum Gasteiger partial charge on any atom is 0.237 e. The van der Waals surface area contributed by atoms with Crippen molar-refractivity contribution in [3.8, 4) is 11.5 Å². The topological polar surface area (TPSA) is 59.6 Å². The first-order valence-electron chi connectivity index (χ1n) is 6.96. The number of rotatable bonds is 5. The second kappa shape index (κ2) is 7.14. The van der Waals surface area contributed by atoms with E-state index in [1.807, 2.05) is 18.2 Å². The number of nitrogens with one attached hydrogen (secondary N) is 2. The van der Waals surface area contributed by atoms with Gasteiger partial charge in [0, 0.05) is 12.1 Å². The summed E-state index contributed by atoms with van der Waals surface area (Å²) in [6.45, 7) is 1.36. The van der Waals surface area contributed by atoms with Gasteiger partial charge in [-0.15, -0.1) is 0 Å². The summed E-state index contributed by atoms with van der Waals surface area (Å²) in [6.07, 6.45) is 3.15. The van der Waals surface area contributed by atoms with Gasteiger partial charge in [-0.1, -0.05) is 6.42 Å². The minimum atomic E-state index is -0.0691. The molecule has 0 aliphatic carbocycles. The summed E-state index contributed by atoms with van der Waals surface area (Å²) >= 11 is 0. The highest BCUT2D eigenvalue weighted by molar-refractivity contribution is 5.81. The van der Waals surface area contributed by atoms with E-state index < -0.39 is 0 Å². The Labute approximate surface area is 119 Å². The zero-order chi connectivity index (χ0) is 14.4. The predicted molar refractivity (Wildman–Crippen MR) is 77.0 cm³/mol. The van der Waals surface area contributed by atoms with Gasteiger partial charge in [0.2, 0.25) is 5.91 Å². The number of hydrogen-bond donors (Lipinski definition) is 2. The molecule has 1 aliphatic rings. The van der Waals surface area contributed by atoms with E-state index in [0.717, 1.165) is 42.9 Å². The average molecular weight is 278 g/mol. The Morgan fingerprint density at radius 2 is 2.20 bits per heavy atom. The number of piperidine rings is 1. The summed E-state index contributed by atoms with van der Waals surface area (Å²) in [5, 5.41) is 6.20. The summed E-state index contributed by atoms with van der Waals surface area (Å²) in [6, 6.07) is 5.50. The summed E-state index contributed by atoms with van der Waals surface area (Å²) in [5.74, 6) is 1.56. The second-order valence-electron chi connectivity index (χ2n) is 4.90. The standard InChI is InChI=1S/C15H22N2O3/c1-19-12-6-7-14(20-2)11(9-12)10-17-15(18)13-5-3-4-8-16-13/h6-7,9,13,16H,3-5,8,10H2,1-2H3,(H,17,18)/t13-/m1/s1. The zero-order valence-corrected chi connectivity index (χ0v) is 12.1. The average Bonchev–Trinajstić information content (AvgIpc) is 2.53. The molecule has 5 heteroatoms. The quantitative estimate of drug-likeness (QED) is 0.856. The van der Waals surface area contributed by atoms with E-state index in [9.17, 15) is 4.79 Å². The molecule has 2 N–H and O–H groups in total. The van der Waals surface area contributed by atoms with Crippen molar-refractivity contribution in [2.75, 3.05) is 20.8 Å². The Morgan fingerprint density at radius 3 is 2.85 bits per heavy atom. The van der Waals surface area contributed by atoms with Crippen molar-refractivity contribution < 1.29 is 14.3 Å². The van der Waals surface area contributed by atoms with Crippen molar-refractivity contribution in [1.29, 1.82) is 0 Å². The van der Waals surface area contributed by atoms with Crippen LogP contribution < -0.4 is 20.1 Å². The van der Waals surface area contributed by atoms with Gasteiger partial charge in [0.1, 0.15) is 11.5 Å². The number of amides is 1. The minimum absolute atomic E-state index is 0.0505. The second-order valence-corrected chi connectivity index (χ2v) is 4.90. The lowest BCUT2D eigenvalue weighted by Gasteiger charge is -2.22. The normalized spacial score (nSPS) is 18.4. The highest BCUT2D eigenvalue weighted by Crippen LogP contribution is 2.23. The molecule has 1 atom stereocenters. The van der Waals surface area contributed by atoms with Crippen LogP contribution in [0.4, 0.5) is 0 Å². The van der Waals surface area contributed by atoms with Crippen molar-refractivity contribution >= 4 is 5.91 Å². The Bertz CT molecular complexity index is 456. The monoisotopic (exact) mass is 278 g/mol. The number of methoxy groups -OCH3 is 2. The van der Waals surface area contributed by atoms with Crippen LogP contribution in [0, 0.1) is 0 Å². The highest BCUT2D eigenvalue weighted by atomic mass is 16.5. The van der Waals surface area contributed by atoms with E-state index in [-0.39, 0.29) is 11.9 Å². The molecule has 1 aromatic rings. The zero-order valence-electron chi connectivity index (χ0n) is 12.1. The summed E-state index contributed by atoms with van der Waals surface area (Å²) in [7, 11) is 3.24. The Morgan fingerprint density at radius 1 is 1.35 bits per heavy atom. The van der Waals surface area contributed by atoms with Crippen molar-refractivity contribution in [1.82, 2.24) is 10.6 Å². The van der Waals surface area contributed by atoms with E-state index in [1.54, 1.807) is 14.2 Å². The lowest BCUT2D eigenvalue weighted by molar-refractivity contribution is -0.123. The van der Waals surface area contributed by atoms with Crippen LogP contribution in [0.2, 0.25) is 0 Å². The predicted octanol–water partition coefficient (Wildman–Crippen LogP) is 1.46. The van der Waals surface area contributed by atoms with Crippen molar-refractivity contribution in [2.45, 2.75) is 31.8 Å². The van der Waals surface area contributed by atoms with Gasteiger partial charge >= 0.3 is 0 Å². The molecule has 5 nitrogen and oxygen atoms in total. The molecule has 1 aromatic carbocycles. The third-order valence-electron chi connectivity index (χ3n) is 3.57. The molecule has 0 radical (unpaired) electrons. The van der Waals surface area contributed by atoms with Gasteiger partial charge in [0.05, 0.1) is 20.3 Å². The fourth-order valence-electron chi connectivity index (χ4n) is 2.40. The van der Waals surface area contributed by atoms with Crippen LogP contribution in [0.25, 0.3) is 0 Å². The lowest BCUT2D eigenvalue weighted by atomic mass is 10.0. The molecule has 0 spiro atoms. The molecule has 0 saturated carbocycles. The Hall–Kier alpha value is -1.75. The van der Waals surface area contributed by atoms with Gasteiger partial charge in [-0.2, -0.15) is 0 Å². The highest BCUT2D eigenvalue weighted by Gasteiger charge is 2.20. The first-order valence-corrected chi connectivity index (χ1v) is 6.96. The van der Waals surface area contributed by atoms with Crippen molar-refractivity contribution in [3.63, 3.8) is 0 Å². The fourth-order valence-corrected chi connectivity index (χ4v) is 2.40. The smallest absolute Gasteiger partial charge is 0.237 e. The van der Waals surface area contributed by atoms with Crippen LogP contribution in [0.3, 0.4) is 0 Å². The minimum Gasteiger partial charge on any atom is -0.497 e. The van der Waals surface area contributed by atoms with Crippen molar-refractivity contribution in [3.05, 3.63) is 23.8 Å². The molecular weight excluding hydrogens is 256 g/mol. The van der Waals surface area contributed by atoms with Gasteiger partial charge in [-0.05, 0) is 37.6 Å². The largest absolute Gasteiger partial charge is 0.497 e. The molecule has 20 heavy (non-hydrogen) atoms. The third kappa shape index (κ3) is 3.63. The number of hydrogen-bond acceptors (Lipinski definition) is 4. The number of carbonyl (C=O) groups excluding carboxylic acids is 1. The molecule has 0 bridgehead atoms. The number of carbonyl (C=O) groups is 1. The van der Waals surface area contributed by atoms with Crippen LogP contribution in [0.1, 0.15) is 24.8 Å². The first-order chi connectivity index (χ1) is 9.74. The summed E-state index contributed by atoms with van der Waals surface area (Å²) in [4.78, 5) is 12.1. The molecule has 1 aliphatic heterocycles. The van der Waals surface area contributed by atoms with Crippen LogP contribution in [0.15, 0.2) is 18.2 Å². The maximum absolute atomic E-state index is 12.1. The van der Waals surface area contributed by atoms with E-state index in [1.165, 1.54) is 0 Å². The molecule has 0 unspecified atom stereocenters. The molecule has 1 saturated heterocycles. The van der Waals surface area contributed by atoms with Gasteiger partial charge < -0.3 is 20.1 Å². The molecule has 1 amide bonds. The Kier molecular flexibility index (Phi) is 5.24. The van der Waals surface area contributed by atoms with Crippen LogP contribution in [-0.4, -0.2) is 32.7 Å². The van der Waals surface area contributed by atoms with Gasteiger partial charge in [0.15, 0.2) is 0 Å². The van der Waals surface area contributed by atoms with Crippen molar-refractivity contribution in [2.24, 2.45) is 0 Å². The number of benzene rings is 1. The molecule has 1 heterocycles. The van der Waals surface area contributed by atoms with E-state index >= 15 is 0 Å². The van der Waals surface area contributed by atoms with E-state index in [4.69, 9.17) is 9.47 Å². The molecule has 0 aromatic heterocycles. The third-order valence-corrected chi connectivity index (χ3v) is 3.57. The first kappa shape index (κ1) is 14.7. The van der Waals surface area contributed by atoms with Gasteiger partial charge in [0.25, 0.3) is 0 Å².